The number of aromatic nitrogens is 2. The van der Waals surface area contributed by atoms with Crippen LogP contribution in [-0.2, 0) is 10.5 Å². The van der Waals surface area contributed by atoms with Crippen LogP contribution in [-0.4, -0.2) is 46.7 Å². The number of morpholine rings is 1. The Kier molecular flexibility index (Phi) is 6.86. The average molecular weight is 510 g/mol. The fourth-order valence-electron chi connectivity index (χ4n) is 3.94. The maximum atomic E-state index is 14.0. The molecular weight excluding hydrogens is 489 g/mol. The van der Waals surface area contributed by atoms with Crippen molar-refractivity contribution in [2.24, 2.45) is 0 Å². The second-order valence-electron chi connectivity index (χ2n) is 8.03. The molecule has 2 heterocycles. The highest BCUT2D eigenvalue weighted by Crippen LogP contribution is 2.28. The number of nitrogens with zero attached hydrogens (tertiary/aromatic N) is 3. The van der Waals surface area contributed by atoms with Gasteiger partial charge in [-0.05, 0) is 48.0 Å². The molecule has 0 unspecified atom stereocenters. The molecular formula is C26H21ClFN3O3S. The third-order valence-corrected chi connectivity index (χ3v) is 7.12. The second-order valence-corrected chi connectivity index (χ2v) is 9.38. The molecule has 1 aliphatic rings. The first-order valence-electron chi connectivity index (χ1n) is 11.1. The van der Waals surface area contributed by atoms with Crippen LogP contribution in [0, 0.1) is 5.82 Å². The second kappa shape index (κ2) is 10.2. The van der Waals surface area contributed by atoms with Gasteiger partial charge in [-0.1, -0.05) is 47.6 Å². The van der Waals surface area contributed by atoms with Crippen molar-refractivity contribution < 1.29 is 13.9 Å². The molecule has 0 spiro atoms. The first-order valence-corrected chi connectivity index (χ1v) is 12.4. The molecule has 0 atom stereocenters. The molecule has 9 heteroatoms. The summed E-state index contributed by atoms with van der Waals surface area (Å²) in [6.45, 7) is 2.03. The van der Waals surface area contributed by atoms with Crippen molar-refractivity contribution in [2.75, 3.05) is 26.3 Å². The van der Waals surface area contributed by atoms with E-state index in [-0.39, 0.29) is 11.5 Å². The highest BCUT2D eigenvalue weighted by Gasteiger charge is 2.21. The maximum absolute atomic E-state index is 14.0. The maximum Gasteiger partial charge on any atom is 0.266 e. The number of fused-ring (bicyclic) bond motifs is 1. The number of rotatable bonds is 5. The molecule has 0 N–H and O–H groups in total. The van der Waals surface area contributed by atoms with E-state index in [1.54, 1.807) is 41.3 Å². The Morgan fingerprint density at radius 3 is 2.63 bits per heavy atom. The number of carbonyl (C=O) groups is 1. The zero-order valence-corrected chi connectivity index (χ0v) is 20.2. The zero-order valence-electron chi connectivity index (χ0n) is 18.6. The SMILES string of the molecule is O=C(c1ccc2c(=O)n(-c3cccc(F)c3)c(SCc3ccccc3Cl)nc2c1)N1CCOCC1. The van der Waals surface area contributed by atoms with E-state index in [2.05, 4.69) is 0 Å². The fourth-order valence-corrected chi connectivity index (χ4v) is 5.24. The number of halogens is 2. The summed E-state index contributed by atoms with van der Waals surface area (Å²) < 4.78 is 20.8. The minimum atomic E-state index is -0.456. The van der Waals surface area contributed by atoms with Crippen molar-refractivity contribution in [3.8, 4) is 5.69 Å². The lowest BCUT2D eigenvalue weighted by Crippen LogP contribution is -2.40. The number of carbonyl (C=O) groups excluding carboxylic acids is 1. The van der Waals surface area contributed by atoms with Gasteiger partial charge in [0.05, 0.1) is 29.8 Å². The predicted octanol–water partition coefficient (Wildman–Crippen LogP) is 4.94. The molecule has 1 aromatic heterocycles. The van der Waals surface area contributed by atoms with Gasteiger partial charge in [0.15, 0.2) is 5.16 Å². The lowest BCUT2D eigenvalue weighted by atomic mass is 10.1. The van der Waals surface area contributed by atoms with Crippen LogP contribution in [0.15, 0.2) is 76.7 Å². The van der Waals surface area contributed by atoms with Crippen LogP contribution in [0.1, 0.15) is 15.9 Å². The van der Waals surface area contributed by atoms with Crippen LogP contribution < -0.4 is 5.56 Å². The number of amides is 1. The lowest BCUT2D eigenvalue weighted by Gasteiger charge is -2.26. The van der Waals surface area contributed by atoms with Gasteiger partial charge in [-0.3, -0.25) is 14.2 Å². The quantitative estimate of drug-likeness (QED) is 0.281. The van der Waals surface area contributed by atoms with Crippen molar-refractivity contribution >= 4 is 40.2 Å². The standard InChI is InChI=1S/C26H21ClFN3O3S/c27-22-7-2-1-4-18(22)16-35-26-29-23-14-17(24(32)30-10-12-34-13-11-30)8-9-21(23)25(33)31(26)20-6-3-5-19(28)15-20/h1-9,14-15H,10-13,16H2. The van der Waals surface area contributed by atoms with Gasteiger partial charge in [-0.2, -0.15) is 0 Å². The van der Waals surface area contributed by atoms with Gasteiger partial charge in [0, 0.05) is 29.4 Å². The predicted molar refractivity (Wildman–Crippen MR) is 135 cm³/mol. The van der Waals surface area contributed by atoms with E-state index in [9.17, 15) is 14.0 Å². The number of benzene rings is 3. The first-order chi connectivity index (χ1) is 17.0. The molecule has 35 heavy (non-hydrogen) atoms. The van der Waals surface area contributed by atoms with Crippen LogP contribution in [0.2, 0.25) is 5.02 Å². The van der Waals surface area contributed by atoms with Gasteiger partial charge in [-0.25, -0.2) is 9.37 Å². The molecule has 6 nitrogen and oxygen atoms in total. The summed E-state index contributed by atoms with van der Waals surface area (Å²) in [6, 6.07) is 18.2. The number of thioether (sulfide) groups is 1. The fraction of sp³-hybridized carbons (Fsp3) is 0.192. The third-order valence-electron chi connectivity index (χ3n) is 5.76. The number of hydrogen-bond acceptors (Lipinski definition) is 5. The highest BCUT2D eigenvalue weighted by molar-refractivity contribution is 7.98. The van der Waals surface area contributed by atoms with E-state index < -0.39 is 5.82 Å². The Morgan fingerprint density at radius 1 is 1.06 bits per heavy atom. The molecule has 0 radical (unpaired) electrons. The van der Waals surface area contributed by atoms with Crippen LogP contribution >= 0.6 is 23.4 Å². The smallest absolute Gasteiger partial charge is 0.266 e. The Labute approximate surface area is 210 Å². The minimum Gasteiger partial charge on any atom is -0.378 e. The van der Waals surface area contributed by atoms with E-state index in [1.807, 2.05) is 18.2 Å². The Hall–Kier alpha value is -3.20. The molecule has 178 valence electrons. The summed E-state index contributed by atoms with van der Waals surface area (Å²) in [5.74, 6) is -0.126. The van der Waals surface area contributed by atoms with Gasteiger partial charge >= 0.3 is 0 Å². The van der Waals surface area contributed by atoms with Crippen molar-refractivity contribution in [3.63, 3.8) is 0 Å². The van der Waals surface area contributed by atoms with Gasteiger partial charge in [-0.15, -0.1) is 0 Å². The van der Waals surface area contributed by atoms with Gasteiger partial charge in [0.1, 0.15) is 5.82 Å². The van der Waals surface area contributed by atoms with Crippen LogP contribution in [0.3, 0.4) is 0 Å². The van der Waals surface area contributed by atoms with E-state index >= 15 is 0 Å². The Bertz CT molecular complexity index is 1470. The number of hydrogen-bond donors (Lipinski definition) is 0. The molecule has 4 aromatic rings. The van der Waals surface area contributed by atoms with E-state index in [0.29, 0.717) is 64.4 Å². The largest absolute Gasteiger partial charge is 0.378 e. The summed E-state index contributed by atoms with van der Waals surface area (Å²) in [6.07, 6.45) is 0. The van der Waals surface area contributed by atoms with Gasteiger partial charge < -0.3 is 9.64 Å². The molecule has 3 aromatic carbocycles. The minimum absolute atomic E-state index is 0.128. The molecule has 1 fully saturated rings. The van der Waals surface area contributed by atoms with E-state index in [1.165, 1.54) is 28.5 Å². The van der Waals surface area contributed by atoms with E-state index in [0.717, 1.165) is 5.56 Å². The molecule has 1 aliphatic heterocycles. The topological polar surface area (TPSA) is 64.4 Å². The van der Waals surface area contributed by atoms with Crippen LogP contribution in [0.5, 0.6) is 0 Å². The van der Waals surface area contributed by atoms with Crippen LogP contribution in [0.4, 0.5) is 4.39 Å². The molecule has 5 rings (SSSR count). The molecule has 1 amide bonds. The Balaban J connectivity index is 1.60. The zero-order chi connectivity index (χ0) is 24.4. The van der Waals surface area contributed by atoms with Crippen molar-refractivity contribution in [3.05, 3.63) is 99.1 Å². The summed E-state index contributed by atoms with van der Waals surface area (Å²) in [5.41, 5.74) is 1.78. The highest BCUT2D eigenvalue weighted by atomic mass is 35.5. The van der Waals surface area contributed by atoms with Crippen molar-refractivity contribution in [1.82, 2.24) is 14.5 Å². The molecule has 0 saturated carbocycles. The molecule has 0 bridgehead atoms. The average Bonchev–Trinajstić information content (AvgIpc) is 2.88. The van der Waals surface area contributed by atoms with Gasteiger partial charge in [0.25, 0.3) is 11.5 Å². The molecule has 1 saturated heterocycles. The Morgan fingerprint density at radius 2 is 1.86 bits per heavy atom. The monoisotopic (exact) mass is 509 g/mol. The van der Waals surface area contributed by atoms with Gasteiger partial charge in [0.2, 0.25) is 0 Å². The molecule has 0 aliphatic carbocycles. The van der Waals surface area contributed by atoms with E-state index in [4.69, 9.17) is 21.3 Å². The van der Waals surface area contributed by atoms with Crippen LogP contribution in [0.25, 0.3) is 16.6 Å². The summed E-state index contributed by atoms with van der Waals surface area (Å²) >= 11 is 7.64. The number of ether oxygens (including phenoxy) is 1. The summed E-state index contributed by atoms with van der Waals surface area (Å²) in [4.78, 5) is 33.0. The summed E-state index contributed by atoms with van der Waals surface area (Å²) in [5, 5.41) is 1.33. The summed E-state index contributed by atoms with van der Waals surface area (Å²) in [7, 11) is 0. The third kappa shape index (κ3) is 4.96. The van der Waals surface area contributed by atoms with Crippen molar-refractivity contribution in [1.29, 1.82) is 0 Å². The normalized spacial score (nSPS) is 13.8. The first kappa shape index (κ1) is 23.5. The van der Waals surface area contributed by atoms with Crippen molar-refractivity contribution in [2.45, 2.75) is 10.9 Å². The lowest BCUT2D eigenvalue weighted by molar-refractivity contribution is 0.0303.